The van der Waals surface area contributed by atoms with E-state index in [-0.39, 0.29) is 11.8 Å². The van der Waals surface area contributed by atoms with Crippen LogP contribution in [0.25, 0.3) is 0 Å². The molecule has 6 heteroatoms. The standard InChI is InChI=1S/C13H15N3O2S/c14-6-1-2-9-5-7-19-11(9)8-15-13(18)10-3-4-12(17)16-10/h5,7,10H,3-4,6,8,14H2,(H,15,18)(H,16,17). The monoisotopic (exact) mass is 277 g/mol. The molecule has 0 aromatic carbocycles. The second kappa shape index (κ2) is 6.36. The minimum absolute atomic E-state index is 0.0641. The number of amides is 2. The molecular weight excluding hydrogens is 262 g/mol. The first-order chi connectivity index (χ1) is 9.20. The van der Waals surface area contributed by atoms with Crippen LogP contribution < -0.4 is 16.4 Å². The van der Waals surface area contributed by atoms with E-state index in [1.165, 1.54) is 11.3 Å². The topological polar surface area (TPSA) is 84.2 Å². The summed E-state index contributed by atoms with van der Waals surface area (Å²) in [5.41, 5.74) is 6.23. The van der Waals surface area contributed by atoms with Gasteiger partial charge in [0, 0.05) is 16.9 Å². The van der Waals surface area contributed by atoms with Crippen molar-refractivity contribution in [1.29, 1.82) is 0 Å². The molecule has 1 atom stereocenters. The molecule has 4 N–H and O–H groups in total. The maximum Gasteiger partial charge on any atom is 0.242 e. The Kier molecular flexibility index (Phi) is 4.55. The normalized spacial score (nSPS) is 17.5. The van der Waals surface area contributed by atoms with Crippen molar-refractivity contribution in [3.8, 4) is 11.8 Å². The first-order valence-corrected chi connectivity index (χ1v) is 6.91. The molecule has 1 fully saturated rings. The van der Waals surface area contributed by atoms with Gasteiger partial charge in [0.25, 0.3) is 0 Å². The van der Waals surface area contributed by atoms with Crippen molar-refractivity contribution < 1.29 is 9.59 Å². The fraction of sp³-hybridized carbons (Fsp3) is 0.385. The average molecular weight is 277 g/mol. The number of nitrogens with two attached hydrogens (primary N) is 1. The third-order valence-corrected chi connectivity index (χ3v) is 3.73. The highest BCUT2D eigenvalue weighted by Crippen LogP contribution is 2.15. The van der Waals surface area contributed by atoms with Gasteiger partial charge in [-0.2, -0.15) is 0 Å². The molecule has 0 saturated carbocycles. The van der Waals surface area contributed by atoms with Crippen LogP contribution in [0.1, 0.15) is 23.3 Å². The maximum atomic E-state index is 11.8. The van der Waals surface area contributed by atoms with Gasteiger partial charge in [-0.25, -0.2) is 0 Å². The Hall–Kier alpha value is -1.84. The highest BCUT2D eigenvalue weighted by molar-refractivity contribution is 7.10. The Morgan fingerprint density at radius 3 is 3.16 bits per heavy atom. The lowest BCUT2D eigenvalue weighted by Gasteiger charge is -2.10. The van der Waals surface area contributed by atoms with Crippen molar-refractivity contribution in [2.24, 2.45) is 5.73 Å². The van der Waals surface area contributed by atoms with Crippen LogP contribution in [0.4, 0.5) is 0 Å². The third-order valence-electron chi connectivity index (χ3n) is 2.81. The largest absolute Gasteiger partial charge is 0.349 e. The molecule has 0 aliphatic carbocycles. The van der Waals surface area contributed by atoms with Crippen LogP contribution in [0.15, 0.2) is 11.4 Å². The van der Waals surface area contributed by atoms with Crippen molar-refractivity contribution in [3.05, 3.63) is 21.9 Å². The van der Waals surface area contributed by atoms with Gasteiger partial charge in [-0.3, -0.25) is 9.59 Å². The van der Waals surface area contributed by atoms with E-state index in [1.54, 1.807) is 0 Å². The van der Waals surface area contributed by atoms with Crippen molar-refractivity contribution >= 4 is 23.2 Å². The number of rotatable bonds is 3. The summed E-state index contributed by atoms with van der Waals surface area (Å²) in [5, 5.41) is 7.39. The molecule has 1 aliphatic rings. The lowest BCUT2D eigenvalue weighted by Crippen LogP contribution is -2.41. The van der Waals surface area contributed by atoms with E-state index in [0.717, 1.165) is 10.4 Å². The Bertz CT molecular complexity index is 542. The van der Waals surface area contributed by atoms with Crippen LogP contribution in [0.3, 0.4) is 0 Å². The molecular formula is C13H15N3O2S. The van der Waals surface area contributed by atoms with Crippen LogP contribution >= 0.6 is 11.3 Å². The lowest BCUT2D eigenvalue weighted by molar-refractivity contribution is -0.125. The molecule has 5 nitrogen and oxygen atoms in total. The van der Waals surface area contributed by atoms with Gasteiger partial charge >= 0.3 is 0 Å². The molecule has 0 radical (unpaired) electrons. The van der Waals surface area contributed by atoms with Gasteiger partial charge in [-0.1, -0.05) is 11.8 Å². The molecule has 1 aromatic rings. The van der Waals surface area contributed by atoms with E-state index in [2.05, 4.69) is 22.5 Å². The van der Waals surface area contributed by atoms with Crippen molar-refractivity contribution in [2.45, 2.75) is 25.4 Å². The summed E-state index contributed by atoms with van der Waals surface area (Å²) in [4.78, 5) is 23.9. The molecule has 1 aliphatic heterocycles. The number of hydrogen-bond acceptors (Lipinski definition) is 4. The Balaban J connectivity index is 1.90. The highest BCUT2D eigenvalue weighted by atomic mass is 32.1. The number of carbonyl (C=O) groups is 2. The molecule has 2 rings (SSSR count). The van der Waals surface area contributed by atoms with Gasteiger partial charge in [0.15, 0.2) is 0 Å². The van der Waals surface area contributed by atoms with E-state index < -0.39 is 6.04 Å². The molecule has 1 saturated heterocycles. The SMILES string of the molecule is NCC#Cc1ccsc1CNC(=O)C1CCC(=O)N1. The molecule has 19 heavy (non-hydrogen) atoms. The van der Waals surface area contributed by atoms with Crippen LogP contribution in [0.5, 0.6) is 0 Å². The summed E-state index contributed by atoms with van der Waals surface area (Å²) in [7, 11) is 0. The van der Waals surface area contributed by atoms with Crippen molar-refractivity contribution in [1.82, 2.24) is 10.6 Å². The highest BCUT2D eigenvalue weighted by Gasteiger charge is 2.26. The summed E-state index contributed by atoms with van der Waals surface area (Å²) < 4.78 is 0. The Morgan fingerprint density at radius 2 is 2.47 bits per heavy atom. The van der Waals surface area contributed by atoms with E-state index >= 15 is 0 Å². The van der Waals surface area contributed by atoms with Crippen molar-refractivity contribution in [2.75, 3.05) is 6.54 Å². The second-order valence-electron chi connectivity index (χ2n) is 4.14. The molecule has 0 bridgehead atoms. The molecule has 2 amide bonds. The summed E-state index contributed by atoms with van der Waals surface area (Å²) in [6, 6.07) is 1.51. The van der Waals surface area contributed by atoms with Crippen LogP contribution in [0.2, 0.25) is 0 Å². The fourth-order valence-corrected chi connectivity index (χ4v) is 2.61. The van der Waals surface area contributed by atoms with E-state index in [9.17, 15) is 9.59 Å². The Labute approximate surface area is 115 Å². The summed E-state index contributed by atoms with van der Waals surface area (Å²) in [6.07, 6.45) is 0.985. The van der Waals surface area contributed by atoms with E-state index in [4.69, 9.17) is 5.73 Å². The van der Waals surface area contributed by atoms with Crippen LogP contribution in [0, 0.1) is 11.8 Å². The fourth-order valence-electron chi connectivity index (χ4n) is 1.84. The zero-order valence-corrected chi connectivity index (χ0v) is 11.2. The lowest BCUT2D eigenvalue weighted by atomic mass is 10.2. The van der Waals surface area contributed by atoms with E-state index in [1.807, 2.05) is 11.4 Å². The predicted molar refractivity (Wildman–Crippen MR) is 73.3 cm³/mol. The van der Waals surface area contributed by atoms with Gasteiger partial charge in [0.1, 0.15) is 6.04 Å². The summed E-state index contributed by atoms with van der Waals surface area (Å²) in [6.45, 7) is 0.743. The average Bonchev–Trinajstić information content (AvgIpc) is 3.02. The van der Waals surface area contributed by atoms with Crippen LogP contribution in [-0.4, -0.2) is 24.4 Å². The first-order valence-electron chi connectivity index (χ1n) is 6.03. The first kappa shape index (κ1) is 13.6. The smallest absolute Gasteiger partial charge is 0.242 e. The Morgan fingerprint density at radius 1 is 1.63 bits per heavy atom. The molecule has 100 valence electrons. The minimum atomic E-state index is -0.397. The zero-order chi connectivity index (χ0) is 13.7. The van der Waals surface area contributed by atoms with Gasteiger partial charge in [-0.05, 0) is 17.9 Å². The third kappa shape index (κ3) is 3.56. The number of thiophene rings is 1. The van der Waals surface area contributed by atoms with Gasteiger partial charge in [-0.15, -0.1) is 11.3 Å². The molecule has 1 unspecified atom stereocenters. The van der Waals surface area contributed by atoms with E-state index in [0.29, 0.717) is 25.9 Å². The second-order valence-corrected chi connectivity index (χ2v) is 5.14. The van der Waals surface area contributed by atoms with Crippen molar-refractivity contribution in [3.63, 3.8) is 0 Å². The minimum Gasteiger partial charge on any atom is -0.349 e. The molecule has 1 aromatic heterocycles. The van der Waals surface area contributed by atoms with Crippen LogP contribution in [-0.2, 0) is 16.1 Å². The quantitative estimate of drug-likeness (QED) is 0.677. The van der Waals surface area contributed by atoms with Gasteiger partial charge < -0.3 is 16.4 Å². The molecule has 0 spiro atoms. The summed E-state index contributed by atoms with van der Waals surface area (Å²) >= 11 is 1.54. The predicted octanol–water partition coefficient (Wildman–Crippen LogP) is -0.0469. The number of hydrogen-bond donors (Lipinski definition) is 3. The zero-order valence-electron chi connectivity index (χ0n) is 10.4. The summed E-state index contributed by atoms with van der Waals surface area (Å²) in [5.74, 6) is 5.56. The molecule has 2 heterocycles. The van der Waals surface area contributed by atoms with Gasteiger partial charge in [0.05, 0.1) is 13.1 Å². The number of nitrogens with one attached hydrogen (secondary N) is 2. The number of carbonyl (C=O) groups excluding carboxylic acids is 2. The van der Waals surface area contributed by atoms with Gasteiger partial charge in [0.2, 0.25) is 11.8 Å². The maximum absolute atomic E-state index is 11.8.